The van der Waals surface area contributed by atoms with Gasteiger partial charge in [-0.05, 0) is 65.9 Å². The van der Waals surface area contributed by atoms with Crippen LogP contribution in [0.3, 0.4) is 0 Å². The van der Waals surface area contributed by atoms with Crippen LogP contribution in [0, 0.1) is 0 Å². The van der Waals surface area contributed by atoms with Gasteiger partial charge in [0.05, 0.1) is 11.7 Å². The lowest BCUT2D eigenvalue weighted by atomic mass is 9.89. The standard InChI is InChI=1S/C27H34N2O/c1-20(22(3)27-14-17-28-29(27)26-6-4-5-7-26)8-9-21(2)23-10-12-24(13-11-23)25-15-18-30-19-16-25/h8-14,17,21,25-26H,1,3-7,15-16,18-19H2,2H3. The molecule has 1 atom stereocenters. The summed E-state index contributed by atoms with van der Waals surface area (Å²) in [6.07, 6.45) is 13.5. The van der Waals surface area contributed by atoms with E-state index in [0.717, 1.165) is 42.9 Å². The van der Waals surface area contributed by atoms with Gasteiger partial charge in [-0.2, -0.15) is 5.10 Å². The Morgan fingerprint density at radius 2 is 1.77 bits per heavy atom. The molecule has 0 amide bonds. The molecule has 2 aromatic rings. The van der Waals surface area contributed by atoms with Crippen LogP contribution in [-0.4, -0.2) is 23.0 Å². The number of nitrogens with zero attached hydrogens (tertiary/aromatic N) is 2. The van der Waals surface area contributed by atoms with Crippen molar-refractivity contribution < 1.29 is 4.74 Å². The first-order valence-corrected chi connectivity index (χ1v) is 11.4. The topological polar surface area (TPSA) is 27.1 Å². The quantitative estimate of drug-likeness (QED) is 0.475. The number of allylic oxidation sites excluding steroid dienone is 4. The number of benzene rings is 1. The summed E-state index contributed by atoms with van der Waals surface area (Å²) in [6, 6.07) is 11.7. The van der Waals surface area contributed by atoms with E-state index in [1.54, 1.807) is 0 Å². The van der Waals surface area contributed by atoms with Gasteiger partial charge in [0.25, 0.3) is 0 Å². The van der Waals surface area contributed by atoms with Crippen LogP contribution in [0.5, 0.6) is 0 Å². The van der Waals surface area contributed by atoms with Crippen molar-refractivity contribution in [3.63, 3.8) is 0 Å². The van der Waals surface area contributed by atoms with Crippen molar-refractivity contribution in [1.82, 2.24) is 9.78 Å². The summed E-state index contributed by atoms with van der Waals surface area (Å²) >= 11 is 0. The van der Waals surface area contributed by atoms with E-state index in [4.69, 9.17) is 4.74 Å². The number of rotatable bonds is 7. The maximum absolute atomic E-state index is 5.49. The Bertz CT molecular complexity index is 893. The van der Waals surface area contributed by atoms with Gasteiger partial charge in [-0.3, -0.25) is 4.68 Å². The van der Waals surface area contributed by atoms with Crippen LogP contribution in [0.2, 0.25) is 0 Å². The Hall–Kier alpha value is -2.39. The van der Waals surface area contributed by atoms with E-state index in [1.165, 1.54) is 36.8 Å². The van der Waals surface area contributed by atoms with Crippen molar-refractivity contribution in [2.75, 3.05) is 13.2 Å². The van der Waals surface area contributed by atoms with E-state index in [0.29, 0.717) is 17.9 Å². The molecule has 1 aliphatic heterocycles. The predicted molar refractivity (Wildman–Crippen MR) is 125 cm³/mol. The lowest BCUT2D eigenvalue weighted by Crippen LogP contribution is -2.14. The molecule has 1 saturated carbocycles. The lowest BCUT2D eigenvalue weighted by molar-refractivity contribution is 0.0853. The summed E-state index contributed by atoms with van der Waals surface area (Å²) < 4.78 is 7.65. The first-order chi connectivity index (χ1) is 14.6. The Kier molecular flexibility index (Phi) is 6.69. The molecule has 4 rings (SSSR count). The van der Waals surface area contributed by atoms with Gasteiger partial charge >= 0.3 is 0 Å². The predicted octanol–water partition coefficient (Wildman–Crippen LogP) is 6.82. The van der Waals surface area contributed by atoms with Crippen LogP contribution >= 0.6 is 0 Å². The van der Waals surface area contributed by atoms with Gasteiger partial charge in [0, 0.05) is 19.4 Å². The van der Waals surface area contributed by atoms with Gasteiger partial charge < -0.3 is 4.74 Å². The van der Waals surface area contributed by atoms with E-state index in [-0.39, 0.29) is 0 Å². The molecule has 0 spiro atoms. The second kappa shape index (κ2) is 9.61. The van der Waals surface area contributed by atoms with Crippen LogP contribution in [0.1, 0.15) is 80.1 Å². The monoisotopic (exact) mass is 402 g/mol. The van der Waals surface area contributed by atoms with Gasteiger partial charge in [0.2, 0.25) is 0 Å². The number of aromatic nitrogens is 2. The minimum atomic E-state index is 0.332. The third-order valence-corrected chi connectivity index (χ3v) is 6.78. The number of ether oxygens (including phenoxy) is 1. The van der Waals surface area contributed by atoms with Crippen LogP contribution in [0.15, 0.2) is 67.4 Å². The zero-order valence-corrected chi connectivity index (χ0v) is 18.2. The van der Waals surface area contributed by atoms with E-state index in [9.17, 15) is 0 Å². The first kappa shape index (κ1) is 20.9. The van der Waals surface area contributed by atoms with Crippen molar-refractivity contribution in [3.05, 3.63) is 84.2 Å². The van der Waals surface area contributed by atoms with Gasteiger partial charge in [0.15, 0.2) is 0 Å². The molecule has 0 bridgehead atoms. The normalized spacial score (nSPS) is 19.4. The van der Waals surface area contributed by atoms with Gasteiger partial charge in [-0.25, -0.2) is 0 Å². The molecule has 30 heavy (non-hydrogen) atoms. The highest BCUT2D eigenvalue weighted by Gasteiger charge is 2.21. The van der Waals surface area contributed by atoms with Crippen LogP contribution in [0.25, 0.3) is 5.57 Å². The average Bonchev–Trinajstić information content (AvgIpc) is 3.49. The molecular weight excluding hydrogens is 368 g/mol. The molecule has 1 unspecified atom stereocenters. The van der Waals surface area contributed by atoms with Crippen molar-refractivity contribution in [3.8, 4) is 0 Å². The molecule has 158 valence electrons. The minimum absolute atomic E-state index is 0.332. The van der Waals surface area contributed by atoms with E-state index in [2.05, 4.69) is 72.3 Å². The Balaban J connectivity index is 1.39. The molecule has 3 heteroatoms. The van der Waals surface area contributed by atoms with Crippen LogP contribution in [0.4, 0.5) is 0 Å². The molecule has 0 N–H and O–H groups in total. The maximum atomic E-state index is 5.49. The zero-order valence-electron chi connectivity index (χ0n) is 18.2. The maximum Gasteiger partial charge on any atom is 0.0685 e. The zero-order chi connectivity index (χ0) is 20.9. The fraction of sp³-hybridized carbons (Fsp3) is 0.444. The lowest BCUT2D eigenvalue weighted by Gasteiger charge is -2.22. The fourth-order valence-corrected chi connectivity index (χ4v) is 4.73. The highest BCUT2D eigenvalue weighted by atomic mass is 16.5. The SMILES string of the molecule is C=C(C=CC(C)c1ccc(C2CCOCC2)cc1)C(=C)c1ccnn1C1CCCC1. The molecule has 2 fully saturated rings. The smallest absolute Gasteiger partial charge is 0.0685 e. The molecule has 1 aliphatic carbocycles. The fourth-order valence-electron chi connectivity index (χ4n) is 4.73. The van der Waals surface area contributed by atoms with Gasteiger partial charge in [-0.1, -0.05) is 69.3 Å². The summed E-state index contributed by atoms with van der Waals surface area (Å²) in [5.74, 6) is 0.976. The minimum Gasteiger partial charge on any atom is -0.381 e. The van der Waals surface area contributed by atoms with Crippen LogP contribution < -0.4 is 0 Å². The molecule has 1 aromatic carbocycles. The second-order valence-electron chi connectivity index (χ2n) is 8.80. The summed E-state index contributed by atoms with van der Waals surface area (Å²) in [7, 11) is 0. The third-order valence-electron chi connectivity index (χ3n) is 6.78. The van der Waals surface area contributed by atoms with Gasteiger partial charge in [0.1, 0.15) is 0 Å². The molecule has 3 nitrogen and oxygen atoms in total. The molecule has 1 saturated heterocycles. The van der Waals surface area contributed by atoms with E-state index >= 15 is 0 Å². The Morgan fingerprint density at radius 3 is 2.47 bits per heavy atom. The van der Waals surface area contributed by atoms with Crippen molar-refractivity contribution >= 4 is 5.57 Å². The second-order valence-corrected chi connectivity index (χ2v) is 8.80. The average molecular weight is 403 g/mol. The van der Waals surface area contributed by atoms with Crippen LogP contribution in [-0.2, 0) is 4.74 Å². The first-order valence-electron chi connectivity index (χ1n) is 11.4. The molecule has 2 aliphatic rings. The summed E-state index contributed by atoms with van der Waals surface area (Å²) in [5, 5.41) is 4.57. The summed E-state index contributed by atoms with van der Waals surface area (Å²) in [5.41, 5.74) is 5.80. The largest absolute Gasteiger partial charge is 0.381 e. The molecular formula is C27H34N2O. The van der Waals surface area contributed by atoms with Gasteiger partial charge in [-0.15, -0.1) is 0 Å². The van der Waals surface area contributed by atoms with Crippen molar-refractivity contribution in [1.29, 1.82) is 0 Å². The number of hydrogen-bond donors (Lipinski definition) is 0. The Labute approximate surface area is 181 Å². The van der Waals surface area contributed by atoms with Crippen molar-refractivity contribution in [2.24, 2.45) is 0 Å². The van der Waals surface area contributed by atoms with E-state index < -0.39 is 0 Å². The highest BCUT2D eigenvalue weighted by Crippen LogP contribution is 2.33. The summed E-state index contributed by atoms with van der Waals surface area (Å²) in [4.78, 5) is 0. The number of hydrogen-bond acceptors (Lipinski definition) is 2. The highest BCUT2D eigenvalue weighted by molar-refractivity contribution is 5.77. The molecule has 1 aromatic heterocycles. The Morgan fingerprint density at radius 1 is 1.07 bits per heavy atom. The third kappa shape index (κ3) is 4.67. The molecule has 2 heterocycles. The molecule has 0 radical (unpaired) electrons. The summed E-state index contributed by atoms with van der Waals surface area (Å²) in [6.45, 7) is 12.6. The van der Waals surface area contributed by atoms with Crippen molar-refractivity contribution in [2.45, 2.75) is 63.3 Å². The van der Waals surface area contributed by atoms with E-state index in [1.807, 2.05) is 6.20 Å².